The molecular formula is C36H48N4O8S. The van der Waals surface area contributed by atoms with E-state index in [0.717, 1.165) is 50.0 Å². The number of allylic oxidation sites excluding steroid dienone is 1. The number of nitrogens with zero attached hydrogens (tertiary/aromatic N) is 2. The number of amides is 2. The van der Waals surface area contributed by atoms with Crippen LogP contribution in [0.15, 0.2) is 59.1 Å². The summed E-state index contributed by atoms with van der Waals surface area (Å²) in [4.78, 5) is 28.6. The molecule has 5 unspecified atom stereocenters. The number of aliphatic hydroxyl groups excluding tert-OH is 1. The fraction of sp³-hybridized carbons (Fsp3) is 0.556. The van der Waals surface area contributed by atoms with Crippen molar-refractivity contribution in [2.24, 2.45) is 11.8 Å². The van der Waals surface area contributed by atoms with E-state index in [1.165, 1.54) is 10.4 Å². The van der Waals surface area contributed by atoms with E-state index in [4.69, 9.17) is 14.2 Å². The summed E-state index contributed by atoms with van der Waals surface area (Å²) in [7, 11) is -4.14. The van der Waals surface area contributed by atoms with Gasteiger partial charge in [-0.2, -0.15) is 4.31 Å². The summed E-state index contributed by atoms with van der Waals surface area (Å²) in [5, 5.41) is 17.4. The third kappa shape index (κ3) is 7.96. The molecule has 4 aliphatic rings. The van der Waals surface area contributed by atoms with Crippen LogP contribution in [0.1, 0.15) is 57.6 Å². The molecule has 0 saturated carbocycles. The molecule has 3 fully saturated rings. The molecule has 2 aromatic carbocycles. The molecule has 4 aliphatic heterocycles. The molecule has 266 valence electrons. The molecule has 4 heterocycles. The van der Waals surface area contributed by atoms with Crippen molar-refractivity contribution in [1.82, 2.24) is 14.5 Å². The molecule has 12 nitrogen and oxygen atoms in total. The van der Waals surface area contributed by atoms with Crippen molar-refractivity contribution >= 4 is 33.3 Å². The number of benzene rings is 2. The highest BCUT2D eigenvalue weighted by Crippen LogP contribution is 2.38. The molecule has 0 radical (unpaired) electrons. The van der Waals surface area contributed by atoms with Crippen LogP contribution in [0, 0.1) is 11.8 Å². The lowest BCUT2D eigenvalue weighted by molar-refractivity contribution is -0.110. The Labute approximate surface area is 288 Å². The van der Waals surface area contributed by atoms with Crippen molar-refractivity contribution < 1.29 is 37.3 Å². The number of sulfonamides is 1. The first-order valence-corrected chi connectivity index (χ1v) is 18.8. The molecule has 13 heteroatoms. The number of piperidine rings is 1. The van der Waals surface area contributed by atoms with Crippen molar-refractivity contribution in [3.63, 3.8) is 0 Å². The van der Waals surface area contributed by atoms with Crippen LogP contribution in [-0.2, 0) is 35.4 Å². The number of alkyl carbamates (subject to hydrolysis) is 1. The zero-order valence-electron chi connectivity index (χ0n) is 28.5. The fourth-order valence-corrected chi connectivity index (χ4v) is 8.89. The van der Waals surface area contributed by atoms with Gasteiger partial charge in [0.1, 0.15) is 6.10 Å². The van der Waals surface area contributed by atoms with Crippen LogP contribution in [0.25, 0.3) is 5.57 Å². The number of hydrogen-bond donors (Lipinski definition) is 3. The van der Waals surface area contributed by atoms with E-state index < -0.39 is 34.4 Å². The number of hydrogen-bond acceptors (Lipinski definition) is 9. The van der Waals surface area contributed by atoms with E-state index in [-0.39, 0.29) is 55.0 Å². The minimum atomic E-state index is -4.14. The van der Waals surface area contributed by atoms with Crippen LogP contribution in [0.4, 0.5) is 10.5 Å². The maximum atomic E-state index is 14.3. The standard InChI is InChI=1S/C36H48N4O8S/c1-23(2)20-40(49(44,45)26-12-13-29-28(19-26)33(34(42)37-29)24(3)39-15-8-5-9-16-39)21-31(41)30(18-25-10-6-4-7-11-25)38-36(43)48-32-22-47-35-27(32)14-17-46-35/h4,6-7,10-13,19,23,27,30-32,35,41H,5,8-9,14-18,20-22H2,1-3H3,(H,37,42)(H,38,43)/b33-24+. The zero-order valence-corrected chi connectivity index (χ0v) is 29.3. The molecule has 0 aromatic heterocycles. The monoisotopic (exact) mass is 696 g/mol. The first-order chi connectivity index (χ1) is 23.5. The number of likely N-dealkylation sites (tertiary alicyclic amines) is 1. The molecule has 0 spiro atoms. The highest BCUT2D eigenvalue weighted by molar-refractivity contribution is 7.89. The molecule has 5 atom stereocenters. The van der Waals surface area contributed by atoms with Crippen molar-refractivity contribution in [3.8, 4) is 0 Å². The van der Waals surface area contributed by atoms with Crippen LogP contribution in [0.5, 0.6) is 0 Å². The Morgan fingerprint density at radius 2 is 1.86 bits per heavy atom. The van der Waals surface area contributed by atoms with Crippen molar-refractivity contribution in [2.75, 3.05) is 44.7 Å². The van der Waals surface area contributed by atoms with Gasteiger partial charge in [0.15, 0.2) is 6.29 Å². The third-order valence-electron chi connectivity index (χ3n) is 9.83. The average molecular weight is 697 g/mol. The SMILES string of the molecule is C/C(=C1\C(=O)Nc2ccc(S(=O)(=O)N(CC(C)C)CC(O)C(Cc3ccccc3)NC(=O)OC3COC4OCCC34)cc21)N1CCCCC1. The van der Waals surface area contributed by atoms with E-state index in [0.29, 0.717) is 23.4 Å². The highest BCUT2D eigenvalue weighted by atomic mass is 32.2. The van der Waals surface area contributed by atoms with Crippen LogP contribution in [0.3, 0.4) is 0 Å². The summed E-state index contributed by atoms with van der Waals surface area (Å²) in [6.07, 6.45) is 1.37. The number of nitrogens with one attached hydrogen (secondary N) is 2. The Morgan fingerprint density at radius 3 is 2.59 bits per heavy atom. The van der Waals surface area contributed by atoms with Crippen molar-refractivity contribution in [3.05, 3.63) is 65.4 Å². The normalized spacial score (nSPS) is 24.4. The van der Waals surface area contributed by atoms with Gasteiger partial charge in [-0.05, 0) is 68.7 Å². The summed E-state index contributed by atoms with van der Waals surface area (Å²) >= 11 is 0. The van der Waals surface area contributed by atoms with Crippen LogP contribution < -0.4 is 10.6 Å². The van der Waals surface area contributed by atoms with Gasteiger partial charge in [0.05, 0.1) is 41.7 Å². The first-order valence-electron chi connectivity index (χ1n) is 17.4. The number of carbonyl (C=O) groups is 2. The number of ether oxygens (including phenoxy) is 3. The van der Waals surface area contributed by atoms with Gasteiger partial charge in [0, 0.05) is 43.1 Å². The van der Waals surface area contributed by atoms with E-state index in [1.807, 2.05) is 51.1 Å². The van der Waals surface area contributed by atoms with E-state index in [2.05, 4.69) is 15.5 Å². The number of rotatable bonds is 12. The summed E-state index contributed by atoms with van der Waals surface area (Å²) in [6, 6.07) is 13.2. The smallest absolute Gasteiger partial charge is 0.407 e. The lowest BCUT2D eigenvalue weighted by atomic mass is 10.0. The molecule has 0 bridgehead atoms. The Balaban J connectivity index is 1.24. The Morgan fingerprint density at radius 1 is 1.10 bits per heavy atom. The van der Waals surface area contributed by atoms with Gasteiger partial charge in [-0.1, -0.05) is 44.2 Å². The van der Waals surface area contributed by atoms with E-state index in [9.17, 15) is 23.1 Å². The molecule has 3 N–H and O–H groups in total. The Kier molecular flexibility index (Phi) is 10.9. The molecule has 2 amide bonds. The van der Waals surface area contributed by atoms with Gasteiger partial charge in [-0.15, -0.1) is 0 Å². The fourth-order valence-electron chi connectivity index (χ4n) is 7.24. The first kappa shape index (κ1) is 35.3. The maximum absolute atomic E-state index is 14.3. The predicted octanol–water partition coefficient (Wildman–Crippen LogP) is 3.96. The van der Waals surface area contributed by atoms with Gasteiger partial charge in [-0.3, -0.25) is 4.79 Å². The summed E-state index contributed by atoms with van der Waals surface area (Å²) in [5.74, 6) is -0.360. The van der Waals surface area contributed by atoms with Crippen LogP contribution >= 0.6 is 0 Å². The number of fused-ring (bicyclic) bond motifs is 2. The largest absolute Gasteiger partial charge is 0.443 e. The van der Waals surface area contributed by atoms with Crippen molar-refractivity contribution in [1.29, 1.82) is 0 Å². The molecule has 0 aliphatic carbocycles. The third-order valence-corrected chi connectivity index (χ3v) is 11.7. The summed E-state index contributed by atoms with van der Waals surface area (Å²) in [5.41, 5.74) is 3.30. The lowest BCUT2D eigenvalue weighted by Crippen LogP contribution is -2.51. The number of carbonyl (C=O) groups excluding carboxylic acids is 2. The van der Waals surface area contributed by atoms with Crippen LogP contribution in [-0.4, -0.2) is 98.7 Å². The van der Waals surface area contributed by atoms with Gasteiger partial charge >= 0.3 is 6.09 Å². The average Bonchev–Trinajstić information content (AvgIpc) is 3.79. The maximum Gasteiger partial charge on any atom is 0.407 e. The lowest BCUT2D eigenvalue weighted by Gasteiger charge is -2.31. The number of aliphatic hydroxyl groups is 1. The summed E-state index contributed by atoms with van der Waals surface area (Å²) in [6.45, 7) is 8.07. The molecule has 49 heavy (non-hydrogen) atoms. The Bertz CT molecular complexity index is 1640. The molecule has 2 aromatic rings. The van der Waals surface area contributed by atoms with E-state index in [1.54, 1.807) is 12.1 Å². The van der Waals surface area contributed by atoms with Gasteiger partial charge in [0.2, 0.25) is 10.0 Å². The predicted molar refractivity (Wildman–Crippen MR) is 184 cm³/mol. The second kappa shape index (κ2) is 15.2. The minimum Gasteiger partial charge on any atom is -0.443 e. The van der Waals surface area contributed by atoms with Gasteiger partial charge < -0.3 is 34.9 Å². The second-order valence-electron chi connectivity index (χ2n) is 13.9. The molecule has 3 saturated heterocycles. The minimum absolute atomic E-state index is 0.0288. The van der Waals surface area contributed by atoms with Gasteiger partial charge in [0.25, 0.3) is 5.91 Å². The van der Waals surface area contributed by atoms with Crippen LogP contribution in [0.2, 0.25) is 0 Å². The van der Waals surface area contributed by atoms with E-state index >= 15 is 0 Å². The second-order valence-corrected chi connectivity index (χ2v) is 15.8. The topological polar surface area (TPSA) is 147 Å². The van der Waals surface area contributed by atoms with Crippen molar-refractivity contribution in [2.45, 2.75) is 82.3 Å². The quantitative estimate of drug-likeness (QED) is 0.281. The molecule has 6 rings (SSSR count). The molecular weight excluding hydrogens is 648 g/mol. The Hall–Kier alpha value is -3.49. The highest BCUT2D eigenvalue weighted by Gasteiger charge is 2.44. The number of anilines is 1. The van der Waals surface area contributed by atoms with Gasteiger partial charge in [-0.25, -0.2) is 13.2 Å². The zero-order chi connectivity index (χ0) is 34.7. The summed E-state index contributed by atoms with van der Waals surface area (Å²) < 4.78 is 46.9.